The summed E-state index contributed by atoms with van der Waals surface area (Å²) in [5.41, 5.74) is 0.147. The molecule has 6 heteroatoms. The molecule has 1 fully saturated rings. The monoisotopic (exact) mass is 297 g/mol. The molecule has 1 heterocycles. The zero-order chi connectivity index (χ0) is 15.2. The fourth-order valence-electron chi connectivity index (χ4n) is 2.32. The molecule has 0 spiro atoms. The summed E-state index contributed by atoms with van der Waals surface area (Å²) in [5, 5.41) is 2.73. The lowest BCUT2D eigenvalue weighted by Crippen LogP contribution is -2.45. The lowest BCUT2D eigenvalue weighted by atomic mass is 10.2. The molecule has 4 nitrogen and oxygen atoms in total. The Morgan fingerprint density at radius 3 is 2.57 bits per heavy atom. The van der Waals surface area contributed by atoms with Gasteiger partial charge in [0.15, 0.2) is 11.6 Å². The fraction of sp³-hybridized carbons (Fsp3) is 0.533. The molecule has 21 heavy (non-hydrogen) atoms. The van der Waals surface area contributed by atoms with Gasteiger partial charge in [0.25, 0.3) is 5.91 Å². The SMILES string of the molecule is CN1CCN(CCCNC(=O)c2ccc(F)c(F)c2)CC1. The molecule has 0 aliphatic carbocycles. The zero-order valence-electron chi connectivity index (χ0n) is 12.2. The minimum atomic E-state index is -1.000. The van der Waals surface area contributed by atoms with Crippen molar-refractivity contribution in [2.75, 3.05) is 46.3 Å². The maximum atomic E-state index is 13.0. The van der Waals surface area contributed by atoms with Crippen LogP contribution in [0.2, 0.25) is 0 Å². The normalized spacial score (nSPS) is 16.9. The van der Waals surface area contributed by atoms with Crippen molar-refractivity contribution in [3.63, 3.8) is 0 Å². The Labute approximate surface area is 123 Å². The molecule has 0 saturated carbocycles. The van der Waals surface area contributed by atoms with Gasteiger partial charge in [-0.25, -0.2) is 8.78 Å². The Balaban J connectivity index is 1.68. The van der Waals surface area contributed by atoms with Crippen molar-refractivity contribution in [3.8, 4) is 0 Å². The van der Waals surface area contributed by atoms with Gasteiger partial charge in [-0.1, -0.05) is 0 Å². The number of carbonyl (C=O) groups is 1. The molecule has 1 aliphatic heterocycles. The molecule has 0 aromatic heterocycles. The summed E-state index contributed by atoms with van der Waals surface area (Å²) in [5.74, 6) is -2.31. The summed E-state index contributed by atoms with van der Waals surface area (Å²) in [6, 6.07) is 3.17. The number of amides is 1. The van der Waals surface area contributed by atoms with E-state index in [2.05, 4.69) is 22.2 Å². The van der Waals surface area contributed by atoms with Gasteiger partial charge < -0.3 is 15.1 Å². The van der Waals surface area contributed by atoms with Gasteiger partial charge in [-0.15, -0.1) is 0 Å². The second-order valence-electron chi connectivity index (χ2n) is 5.38. The Bertz CT molecular complexity index is 488. The zero-order valence-corrected chi connectivity index (χ0v) is 12.2. The minimum absolute atomic E-state index is 0.147. The molecule has 1 aromatic rings. The molecule has 1 aliphatic rings. The molecule has 0 atom stereocenters. The fourth-order valence-corrected chi connectivity index (χ4v) is 2.32. The van der Waals surface area contributed by atoms with Crippen LogP contribution in [-0.4, -0.2) is 62.0 Å². The first-order chi connectivity index (χ1) is 10.1. The molecule has 1 N–H and O–H groups in total. The van der Waals surface area contributed by atoms with Crippen molar-refractivity contribution < 1.29 is 13.6 Å². The number of nitrogens with zero attached hydrogens (tertiary/aromatic N) is 2. The number of hydrogen-bond acceptors (Lipinski definition) is 3. The molecule has 116 valence electrons. The highest BCUT2D eigenvalue weighted by Gasteiger charge is 2.13. The molecule has 2 rings (SSSR count). The second-order valence-corrected chi connectivity index (χ2v) is 5.38. The van der Waals surface area contributed by atoms with Crippen LogP contribution in [0.25, 0.3) is 0 Å². The quantitative estimate of drug-likeness (QED) is 0.833. The van der Waals surface area contributed by atoms with Gasteiger partial charge in [0.2, 0.25) is 0 Å². The smallest absolute Gasteiger partial charge is 0.251 e. The predicted molar refractivity (Wildman–Crippen MR) is 77.2 cm³/mol. The van der Waals surface area contributed by atoms with Gasteiger partial charge >= 0.3 is 0 Å². The van der Waals surface area contributed by atoms with Gasteiger partial charge in [0.1, 0.15) is 0 Å². The summed E-state index contributed by atoms with van der Waals surface area (Å²) in [6.45, 7) is 5.71. The Hall–Kier alpha value is -1.53. The maximum Gasteiger partial charge on any atom is 0.251 e. The van der Waals surface area contributed by atoms with Crippen LogP contribution >= 0.6 is 0 Å². The number of rotatable bonds is 5. The van der Waals surface area contributed by atoms with Crippen LogP contribution in [0.1, 0.15) is 16.8 Å². The third kappa shape index (κ3) is 4.75. The average molecular weight is 297 g/mol. The Morgan fingerprint density at radius 2 is 1.90 bits per heavy atom. The standard InChI is InChI=1S/C15H21F2N3O/c1-19-7-9-20(10-8-19)6-2-5-18-15(21)12-3-4-13(16)14(17)11-12/h3-4,11H,2,5-10H2,1H3,(H,18,21). The first-order valence-electron chi connectivity index (χ1n) is 7.20. The molecule has 1 saturated heterocycles. The van der Waals surface area contributed by atoms with Crippen molar-refractivity contribution in [2.24, 2.45) is 0 Å². The third-order valence-electron chi connectivity index (χ3n) is 3.71. The van der Waals surface area contributed by atoms with E-state index < -0.39 is 11.6 Å². The van der Waals surface area contributed by atoms with Crippen LogP contribution in [0, 0.1) is 11.6 Å². The Kier molecular flexibility index (Phi) is 5.64. The topological polar surface area (TPSA) is 35.6 Å². The molecule has 0 radical (unpaired) electrons. The minimum Gasteiger partial charge on any atom is -0.352 e. The van der Waals surface area contributed by atoms with Gasteiger partial charge in [-0.05, 0) is 38.2 Å². The van der Waals surface area contributed by atoms with Crippen LogP contribution in [0.4, 0.5) is 8.78 Å². The summed E-state index contributed by atoms with van der Waals surface area (Å²) in [6.07, 6.45) is 0.846. The van der Waals surface area contributed by atoms with Gasteiger partial charge in [0, 0.05) is 38.3 Å². The highest BCUT2D eigenvalue weighted by Crippen LogP contribution is 2.08. The van der Waals surface area contributed by atoms with Crippen molar-refractivity contribution in [2.45, 2.75) is 6.42 Å². The number of nitrogens with one attached hydrogen (secondary N) is 1. The number of benzene rings is 1. The van der Waals surface area contributed by atoms with Gasteiger partial charge in [0.05, 0.1) is 0 Å². The van der Waals surface area contributed by atoms with E-state index in [1.165, 1.54) is 6.07 Å². The molecular weight excluding hydrogens is 276 g/mol. The number of hydrogen-bond donors (Lipinski definition) is 1. The van der Waals surface area contributed by atoms with Crippen molar-refractivity contribution in [1.82, 2.24) is 15.1 Å². The molecule has 0 unspecified atom stereocenters. The van der Waals surface area contributed by atoms with E-state index in [9.17, 15) is 13.6 Å². The molecule has 0 bridgehead atoms. The first kappa shape index (κ1) is 15.9. The summed E-state index contributed by atoms with van der Waals surface area (Å²) in [7, 11) is 2.11. The van der Waals surface area contributed by atoms with Gasteiger partial charge in [-0.2, -0.15) is 0 Å². The summed E-state index contributed by atoms with van der Waals surface area (Å²) < 4.78 is 25.8. The van der Waals surface area contributed by atoms with E-state index in [1.54, 1.807) is 0 Å². The molecule has 1 aromatic carbocycles. The number of likely N-dealkylation sites (N-methyl/N-ethyl adjacent to an activating group) is 1. The average Bonchev–Trinajstić information content (AvgIpc) is 2.48. The van der Waals surface area contributed by atoms with E-state index in [0.717, 1.165) is 51.3 Å². The number of carbonyl (C=O) groups excluding carboxylic acids is 1. The van der Waals surface area contributed by atoms with Crippen molar-refractivity contribution >= 4 is 5.91 Å². The van der Waals surface area contributed by atoms with Crippen LogP contribution in [-0.2, 0) is 0 Å². The van der Waals surface area contributed by atoms with Crippen LogP contribution < -0.4 is 5.32 Å². The van der Waals surface area contributed by atoms with E-state index in [1.807, 2.05) is 0 Å². The summed E-state index contributed by atoms with van der Waals surface area (Å²) >= 11 is 0. The molecule has 1 amide bonds. The number of halogens is 2. The third-order valence-corrected chi connectivity index (χ3v) is 3.71. The highest BCUT2D eigenvalue weighted by atomic mass is 19.2. The number of piperazine rings is 1. The first-order valence-corrected chi connectivity index (χ1v) is 7.20. The van der Waals surface area contributed by atoms with E-state index in [0.29, 0.717) is 6.54 Å². The lowest BCUT2D eigenvalue weighted by Gasteiger charge is -2.32. The van der Waals surface area contributed by atoms with Gasteiger partial charge in [-0.3, -0.25) is 4.79 Å². The van der Waals surface area contributed by atoms with E-state index >= 15 is 0 Å². The van der Waals surface area contributed by atoms with E-state index in [-0.39, 0.29) is 11.5 Å². The largest absolute Gasteiger partial charge is 0.352 e. The highest BCUT2D eigenvalue weighted by molar-refractivity contribution is 5.94. The Morgan fingerprint density at radius 1 is 1.19 bits per heavy atom. The van der Waals surface area contributed by atoms with Crippen LogP contribution in [0.15, 0.2) is 18.2 Å². The maximum absolute atomic E-state index is 13.0. The van der Waals surface area contributed by atoms with Crippen LogP contribution in [0.5, 0.6) is 0 Å². The van der Waals surface area contributed by atoms with E-state index in [4.69, 9.17) is 0 Å². The van der Waals surface area contributed by atoms with Crippen molar-refractivity contribution in [3.05, 3.63) is 35.4 Å². The van der Waals surface area contributed by atoms with Crippen molar-refractivity contribution in [1.29, 1.82) is 0 Å². The molecular formula is C15H21F2N3O. The summed E-state index contributed by atoms with van der Waals surface area (Å²) in [4.78, 5) is 16.4. The lowest BCUT2D eigenvalue weighted by molar-refractivity contribution is 0.0949. The second kappa shape index (κ2) is 7.47. The van der Waals surface area contributed by atoms with Crippen LogP contribution in [0.3, 0.4) is 0 Å². The predicted octanol–water partition coefficient (Wildman–Crippen LogP) is 1.33.